The van der Waals surface area contributed by atoms with E-state index in [-0.39, 0.29) is 0 Å². The van der Waals surface area contributed by atoms with Crippen molar-refractivity contribution in [2.75, 3.05) is 5.32 Å². The maximum absolute atomic E-state index is 10.9. The number of carbonyl (C=O) groups is 2. The van der Waals surface area contributed by atoms with Gasteiger partial charge in [-0.1, -0.05) is 26.0 Å². The van der Waals surface area contributed by atoms with Crippen molar-refractivity contribution < 1.29 is 14.7 Å². The Morgan fingerprint density at radius 3 is 2.25 bits per heavy atom. The summed E-state index contributed by atoms with van der Waals surface area (Å²) < 4.78 is 0. The van der Waals surface area contributed by atoms with Crippen molar-refractivity contribution in [2.45, 2.75) is 20.3 Å². The molecular formula is C12H15NO3. The maximum Gasteiger partial charge on any atom is 0.394 e. The van der Waals surface area contributed by atoms with Gasteiger partial charge < -0.3 is 10.4 Å². The van der Waals surface area contributed by atoms with Gasteiger partial charge in [0.05, 0.1) is 0 Å². The molecule has 16 heavy (non-hydrogen) atoms. The maximum atomic E-state index is 10.9. The van der Waals surface area contributed by atoms with Crippen molar-refractivity contribution in [1.82, 2.24) is 0 Å². The molecule has 1 amide bonds. The molecule has 4 heteroatoms. The van der Waals surface area contributed by atoms with Gasteiger partial charge in [0.25, 0.3) is 0 Å². The Hall–Kier alpha value is -1.84. The first kappa shape index (κ1) is 12.2. The highest BCUT2D eigenvalue weighted by Gasteiger charge is 2.10. The topological polar surface area (TPSA) is 66.4 Å². The minimum atomic E-state index is -1.48. The van der Waals surface area contributed by atoms with E-state index in [0.717, 1.165) is 6.42 Å². The molecule has 0 atom stereocenters. The van der Waals surface area contributed by atoms with Crippen LogP contribution in [0.5, 0.6) is 0 Å². The van der Waals surface area contributed by atoms with Crippen molar-refractivity contribution in [1.29, 1.82) is 0 Å². The molecule has 2 N–H and O–H groups in total. The van der Waals surface area contributed by atoms with Crippen molar-refractivity contribution >= 4 is 17.6 Å². The highest BCUT2D eigenvalue weighted by Crippen LogP contribution is 2.12. The summed E-state index contributed by atoms with van der Waals surface area (Å²) in [4.78, 5) is 21.2. The Balaban J connectivity index is 2.64. The Bertz CT molecular complexity index is 382. The van der Waals surface area contributed by atoms with Crippen molar-refractivity contribution in [3.8, 4) is 0 Å². The Morgan fingerprint density at radius 1 is 1.25 bits per heavy atom. The number of anilines is 1. The number of benzene rings is 1. The van der Waals surface area contributed by atoms with Gasteiger partial charge >= 0.3 is 11.9 Å². The third-order valence-corrected chi connectivity index (χ3v) is 2.05. The molecule has 86 valence electrons. The average molecular weight is 221 g/mol. The van der Waals surface area contributed by atoms with E-state index in [0.29, 0.717) is 11.6 Å². The quantitative estimate of drug-likeness (QED) is 0.766. The molecular weight excluding hydrogens is 206 g/mol. The molecule has 0 aliphatic heterocycles. The van der Waals surface area contributed by atoms with Crippen LogP contribution in [0.2, 0.25) is 0 Å². The van der Waals surface area contributed by atoms with Crippen LogP contribution in [0.4, 0.5) is 5.69 Å². The molecule has 0 radical (unpaired) electrons. The van der Waals surface area contributed by atoms with Crippen LogP contribution in [0.15, 0.2) is 24.3 Å². The van der Waals surface area contributed by atoms with E-state index >= 15 is 0 Å². The van der Waals surface area contributed by atoms with E-state index in [4.69, 9.17) is 5.11 Å². The monoisotopic (exact) mass is 221 g/mol. The predicted molar refractivity (Wildman–Crippen MR) is 61.2 cm³/mol. The molecule has 0 spiro atoms. The fourth-order valence-corrected chi connectivity index (χ4v) is 1.38. The number of hydrogen-bond donors (Lipinski definition) is 2. The van der Waals surface area contributed by atoms with E-state index < -0.39 is 11.9 Å². The second-order valence-corrected chi connectivity index (χ2v) is 4.05. The number of nitrogens with one attached hydrogen (secondary N) is 1. The SMILES string of the molecule is CC(C)Cc1ccc(NC(=O)C(=O)O)cc1. The zero-order valence-electron chi connectivity index (χ0n) is 9.36. The average Bonchev–Trinajstić information content (AvgIpc) is 2.20. The first-order valence-corrected chi connectivity index (χ1v) is 5.12. The minimum absolute atomic E-state index is 0.500. The molecule has 0 fully saturated rings. The first-order chi connectivity index (χ1) is 7.49. The van der Waals surface area contributed by atoms with Crippen LogP contribution < -0.4 is 5.32 Å². The minimum Gasteiger partial charge on any atom is -0.474 e. The first-order valence-electron chi connectivity index (χ1n) is 5.12. The van der Waals surface area contributed by atoms with E-state index in [1.165, 1.54) is 5.56 Å². The molecule has 0 aliphatic carbocycles. The summed E-state index contributed by atoms with van der Waals surface area (Å²) in [6.45, 7) is 4.25. The Morgan fingerprint density at radius 2 is 1.81 bits per heavy atom. The van der Waals surface area contributed by atoms with Gasteiger partial charge in [-0.3, -0.25) is 4.79 Å². The molecule has 0 bridgehead atoms. The summed E-state index contributed by atoms with van der Waals surface area (Å²) >= 11 is 0. The van der Waals surface area contributed by atoms with Crippen LogP contribution >= 0.6 is 0 Å². The molecule has 0 aliphatic rings. The van der Waals surface area contributed by atoms with E-state index in [2.05, 4.69) is 19.2 Å². The van der Waals surface area contributed by atoms with E-state index in [9.17, 15) is 9.59 Å². The highest BCUT2D eigenvalue weighted by atomic mass is 16.4. The summed E-state index contributed by atoms with van der Waals surface area (Å²) in [5.74, 6) is -1.93. The van der Waals surface area contributed by atoms with Crippen molar-refractivity contribution in [3.63, 3.8) is 0 Å². The smallest absolute Gasteiger partial charge is 0.394 e. The molecule has 4 nitrogen and oxygen atoms in total. The lowest BCUT2D eigenvalue weighted by molar-refractivity contribution is -0.147. The molecule has 0 saturated carbocycles. The highest BCUT2D eigenvalue weighted by molar-refractivity contribution is 6.36. The number of carboxylic acid groups (broad SMARTS) is 1. The van der Waals surface area contributed by atoms with Gasteiger partial charge in [0.15, 0.2) is 0 Å². The van der Waals surface area contributed by atoms with E-state index in [1.807, 2.05) is 12.1 Å². The van der Waals surface area contributed by atoms with Crippen LogP contribution in [0.25, 0.3) is 0 Å². The lowest BCUT2D eigenvalue weighted by Gasteiger charge is -2.06. The summed E-state index contributed by atoms with van der Waals surface area (Å²) in [6.07, 6.45) is 0.965. The lowest BCUT2D eigenvalue weighted by Crippen LogP contribution is -2.21. The molecule has 1 rings (SSSR count). The van der Waals surface area contributed by atoms with Crippen LogP contribution in [0.3, 0.4) is 0 Å². The fourth-order valence-electron chi connectivity index (χ4n) is 1.38. The van der Waals surface area contributed by atoms with Gasteiger partial charge in [0, 0.05) is 5.69 Å². The van der Waals surface area contributed by atoms with Crippen molar-refractivity contribution in [3.05, 3.63) is 29.8 Å². The number of carbonyl (C=O) groups excluding carboxylic acids is 1. The summed E-state index contributed by atoms with van der Waals surface area (Å²) in [5, 5.41) is 10.7. The molecule has 0 unspecified atom stereocenters. The second-order valence-electron chi connectivity index (χ2n) is 4.05. The molecule has 0 saturated heterocycles. The van der Waals surface area contributed by atoms with Crippen molar-refractivity contribution in [2.24, 2.45) is 5.92 Å². The van der Waals surface area contributed by atoms with Crippen LogP contribution in [-0.4, -0.2) is 17.0 Å². The van der Waals surface area contributed by atoms with Gasteiger partial charge in [-0.25, -0.2) is 4.79 Å². The molecule has 1 aromatic carbocycles. The fraction of sp³-hybridized carbons (Fsp3) is 0.333. The van der Waals surface area contributed by atoms with Crippen LogP contribution in [0, 0.1) is 5.92 Å². The number of carboxylic acids is 1. The number of amides is 1. The molecule has 1 aromatic rings. The van der Waals surface area contributed by atoms with E-state index in [1.54, 1.807) is 12.1 Å². The standard InChI is InChI=1S/C12H15NO3/c1-8(2)7-9-3-5-10(6-4-9)13-11(14)12(15)16/h3-6,8H,7H2,1-2H3,(H,13,14)(H,15,16). The normalized spacial score (nSPS) is 10.2. The van der Waals surface area contributed by atoms with Gasteiger partial charge in [0.2, 0.25) is 0 Å². The Kier molecular flexibility index (Phi) is 4.05. The number of hydrogen-bond acceptors (Lipinski definition) is 2. The van der Waals surface area contributed by atoms with Gasteiger partial charge in [-0.2, -0.15) is 0 Å². The summed E-state index contributed by atoms with van der Waals surface area (Å²) in [5.41, 5.74) is 1.67. The Labute approximate surface area is 94.3 Å². The van der Waals surface area contributed by atoms with Gasteiger partial charge in [-0.05, 0) is 30.0 Å². The molecule has 0 aromatic heterocycles. The lowest BCUT2D eigenvalue weighted by atomic mass is 10.0. The summed E-state index contributed by atoms with van der Waals surface area (Å²) in [7, 11) is 0. The number of aliphatic carboxylic acids is 1. The number of rotatable bonds is 3. The zero-order valence-corrected chi connectivity index (χ0v) is 9.36. The van der Waals surface area contributed by atoms with Crippen LogP contribution in [-0.2, 0) is 16.0 Å². The van der Waals surface area contributed by atoms with Gasteiger partial charge in [0.1, 0.15) is 0 Å². The van der Waals surface area contributed by atoms with Crippen LogP contribution in [0.1, 0.15) is 19.4 Å². The molecule has 0 heterocycles. The predicted octanol–water partition coefficient (Wildman–Crippen LogP) is 1.91. The zero-order chi connectivity index (χ0) is 12.1. The summed E-state index contributed by atoms with van der Waals surface area (Å²) in [6, 6.07) is 7.19. The third-order valence-electron chi connectivity index (χ3n) is 2.05. The van der Waals surface area contributed by atoms with Gasteiger partial charge in [-0.15, -0.1) is 0 Å². The third kappa shape index (κ3) is 3.73. The largest absolute Gasteiger partial charge is 0.474 e. The second kappa shape index (κ2) is 5.30.